The van der Waals surface area contributed by atoms with Gasteiger partial charge in [0.2, 0.25) is 0 Å². The Morgan fingerprint density at radius 2 is 2.09 bits per heavy atom. The van der Waals surface area contributed by atoms with Crippen molar-refractivity contribution in [2.45, 2.75) is 13.8 Å². The number of halogens is 1. The van der Waals surface area contributed by atoms with Gasteiger partial charge in [-0.2, -0.15) is 0 Å². The molecule has 3 rings (SSSR count). The van der Waals surface area contributed by atoms with E-state index in [0.29, 0.717) is 23.2 Å². The lowest BCUT2D eigenvalue weighted by molar-refractivity contribution is -0.132. The van der Waals surface area contributed by atoms with E-state index in [2.05, 4.69) is 9.97 Å². The third-order valence-corrected chi connectivity index (χ3v) is 3.50. The smallest absolute Gasteiger partial charge is 0.308 e. The highest BCUT2D eigenvalue weighted by Crippen LogP contribution is 2.39. The number of nitrogens with zero attached hydrogens (tertiary/aromatic N) is 1. The van der Waals surface area contributed by atoms with Crippen molar-refractivity contribution in [1.82, 2.24) is 9.97 Å². The standard InChI is InChI=1S/C17H15ClN2O3/c1-3-22-15-9-11(8-12(18)16(15)23-10(2)21)17-19-13-6-4-5-7-14(13)20-17/h4-9H,3H2,1-2H3,(H,19,20). The summed E-state index contributed by atoms with van der Waals surface area (Å²) in [5, 5.41) is 0.293. The molecule has 118 valence electrons. The lowest BCUT2D eigenvalue weighted by Crippen LogP contribution is -2.05. The van der Waals surface area contributed by atoms with Crippen LogP contribution in [0, 0.1) is 0 Å². The number of hydrogen-bond acceptors (Lipinski definition) is 4. The third-order valence-electron chi connectivity index (χ3n) is 3.22. The van der Waals surface area contributed by atoms with Crippen LogP contribution < -0.4 is 9.47 Å². The second-order valence-corrected chi connectivity index (χ2v) is 5.32. The molecule has 0 unspecified atom stereocenters. The van der Waals surface area contributed by atoms with Gasteiger partial charge in [0.25, 0.3) is 0 Å². The maximum absolute atomic E-state index is 11.2. The number of para-hydroxylation sites is 2. The topological polar surface area (TPSA) is 64.2 Å². The Morgan fingerprint density at radius 1 is 1.30 bits per heavy atom. The molecule has 0 aliphatic rings. The van der Waals surface area contributed by atoms with Gasteiger partial charge in [0.05, 0.1) is 22.7 Å². The molecule has 23 heavy (non-hydrogen) atoms. The zero-order valence-corrected chi connectivity index (χ0v) is 13.5. The second kappa shape index (κ2) is 6.30. The molecule has 0 aliphatic carbocycles. The van der Waals surface area contributed by atoms with Gasteiger partial charge in [-0.15, -0.1) is 0 Å². The van der Waals surface area contributed by atoms with E-state index in [9.17, 15) is 4.79 Å². The molecule has 0 saturated heterocycles. The molecule has 0 aliphatic heterocycles. The van der Waals surface area contributed by atoms with Crippen LogP contribution in [-0.4, -0.2) is 22.5 Å². The van der Waals surface area contributed by atoms with E-state index in [1.54, 1.807) is 12.1 Å². The summed E-state index contributed by atoms with van der Waals surface area (Å²) in [6.45, 7) is 3.59. The van der Waals surface area contributed by atoms with Gasteiger partial charge < -0.3 is 14.5 Å². The zero-order chi connectivity index (χ0) is 16.4. The van der Waals surface area contributed by atoms with Crippen molar-refractivity contribution in [1.29, 1.82) is 0 Å². The van der Waals surface area contributed by atoms with Gasteiger partial charge >= 0.3 is 5.97 Å². The number of H-pyrrole nitrogens is 1. The SMILES string of the molecule is CCOc1cc(-c2nc3ccccc3[nH]2)cc(Cl)c1OC(C)=O. The van der Waals surface area contributed by atoms with Crippen molar-refractivity contribution in [3.63, 3.8) is 0 Å². The summed E-state index contributed by atoms with van der Waals surface area (Å²) in [4.78, 5) is 19.0. The Morgan fingerprint density at radius 3 is 2.78 bits per heavy atom. The van der Waals surface area contributed by atoms with Gasteiger partial charge in [-0.05, 0) is 31.2 Å². The number of imidazole rings is 1. The average molecular weight is 331 g/mol. The van der Waals surface area contributed by atoms with Gasteiger partial charge in [-0.1, -0.05) is 23.7 Å². The molecular formula is C17H15ClN2O3. The highest BCUT2D eigenvalue weighted by atomic mass is 35.5. The summed E-state index contributed by atoms with van der Waals surface area (Å²) >= 11 is 6.26. The van der Waals surface area contributed by atoms with Crippen LogP contribution in [0.25, 0.3) is 22.4 Å². The number of aromatic amines is 1. The fraction of sp³-hybridized carbons (Fsp3) is 0.176. The molecule has 0 saturated carbocycles. The molecule has 0 bridgehead atoms. The van der Waals surface area contributed by atoms with Gasteiger partial charge in [0, 0.05) is 12.5 Å². The van der Waals surface area contributed by atoms with Crippen LogP contribution in [0.3, 0.4) is 0 Å². The second-order valence-electron chi connectivity index (χ2n) is 4.91. The largest absolute Gasteiger partial charge is 0.490 e. The van der Waals surface area contributed by atoms with Crippen LogP contribution in [-0.2, 0) is 4.79 Å². The summed E-state index contributed by atoms with van der Waals surface area (Å²) in [6, 6.07) is 11.2. The van der Waals surface area contributed by atoms with Crippen molar-refractivity contribution in [2.24, 2.45) is 0 Å². The Bertz CT molecular complexity index is 840. The first-order valence-electron chi connectivity index (χ1n) is 7.18. The molecule has 3 aromatic rings. The maximum atomic E-state index is 11.2. The fourth-order valence-electron chi connectivity index (χ4n) is 2.30. The molecule has 0 atom stereocenters. The summed E-state index contributed by atoms with van der Waals surface area (Å²) in [5.74, 6) is 0.847. The highest BCUT2D eigenvalue weighted by molar-refractivity contribution is 6.32. The zero-order valence-electron chi connectivity index (χ0n) is 12.7. The van der Waals surface area contributed by atoms with Gasteiger partial charge in [-0.25, -0.2) is 4.98 Å². The molecule has 1 N–H and O–H groups in total. The number of hydrogen-bond donors (Lipinski definition) is 1. The van der Waals surface area contributed by atoms with Crippen molar-refractivity contribution < 1.29 is 14.3 Å². The molecule has 1 aromatic heterocycles. The quantitative estimate of drug-likeness (QED) is 0.575. The minimum absolute atomic E-state index is 0.223. The van der Waals surface area contributed by atoms with E-state index in [1.807, 2.05) is 31.2 Å². The number of fused-ring (bicyclic) bond motifs is 1. The Balaban J connectivity index is 2.10. The van der Waals surface area contributed by atoms with E-state index in [4.69, 9.17) is 21.1 Å². The first-order valence-corrected chi connectivity index (χ1v) is 7.56. The molecule has 0 radical (unpaired) electrons. The van der Waals surface area contributed by atoms with E-state index in [-0.39, 0.29) is 5.75 Å². The Kier molecular flexibility index (Phi) is 4.21. The van der Waals surface area contributed by atoms with Gasteiger partial charge in [-0.3, -0.25) is 4.79 Å². The molecule has 0 spiro atoms. The molecule has 0 fully saturated rings. The van der Waals surface area contributed by atoms with Crippen LogP contribution >= 0.6 is 11.6 Å². The monoisotopic (exact) mass is 330 g/mol. The van der Waals surface area contributed by atoms with Crippen molar-refractivity contribution in [2.75, 3.05) is 6.61 Å². The molecule has 6 heteroatoms. The van der Waals surface area contributed by atoms with E-state index < -0.39 is 5.97 Å². The number of benzene rings is 2. The van der Waals surface area contributed by atoms with E-state index in [0.717, 1.165) is 16.6 Å². The number of esters is 1. The summed E-state index contributed by atoms with van der Waals surface area (Å²) in [6.07, 6.45) is 0. The van der Waals surface area contributed by atoms with E-state index in [1.165, 1.54) is 6.92 Å². The number of aromatic nitrogens is 2. The molecule has 2 aromatic carbocycles. The van der Waals surface area contributed by atoms with Crippen LogP contribution in [0.1, 0.15) is 13.8 Å². The predicted octanol–water partition coefficient (Wildman–Crippen LogP) is 4.21. The van der Waals surface area contributed by atoms with Gasteiger partial charge in [0.15, 0.2) is 11.5 Å². The van der Waals surface area contributed by atoms with Crippen molar-refractivity contribution in [3.8, 4) is 22.9 Å². The van der Waals surface area contributed by atoms with Crippen LogP contribution in [0.15, 0.2) is 36.4 Å². The maximum Gasteiger partial charge on any atom is 0.308 e. The van der Waals surface area contributed by atoms with Crippen molar-refractivity contribution in [3.05, 3.63) is 41.4 Å². The number of nitrogens with one attached hydrogen (secondary N) is 1. The average Bonchev–Trinajstić information content (AvgIpc) is 2.94. The van der Waals surface area contributed by atoms with Crippen LogP contribution in [0.2, 0.25) is 5.02 Å². The lowest BCUT2D eigenvalue weighted by Gasteiger charge is -2.12. The fourth-order valence-corrected chi connectivity index (χ4v) is 2.55. The first kappa shape index (κ1) is 15.4. The number of carbonyl (C=O) groups excluding carboxylic acids is 1. The summed E-state index contributed by atoms with van der Waals surface area (Å²) in [7, 11) is 0. The molecular weight excluding hydrogens is 316 g/mol. The van der Waals surface area contributed by atoms with Crippen LogP contribution in [0.5, 0.6) is 11.5 Å². The van der Waals surface area contributed by atoms with Gasteiger partial charge in [0.1, 0.15) is 5.82 Å². The first-order chi connectivity index (χ1) is 11.1. The lowest BCUT2D eigenvalue weighted by atomic mass is 10.2. The molecule has 5 nitrogen and oxygen atoms in total. The number of rotatable bonds is 4. The van der Waals surface area contributed by atoms with Crippen molar-refractivity contribution >= 4 is 28.6 Å². The molecule has 1 heterocycles. The minimum Gasteiger partial charge on any atom is -0.490 e. The Hall–Kier alpha value is -2.53. The number of ether oxygens (including phenoxy) is 2. The minimum atomic E-state index is -0.454. The van der Waals surface area contributed by atoms with Crippen LogP contribution in [0.4, 0.5) is 0 Å². The predicted molar refractivity (Wildman–Crippen MR) is 89.0 cm³/mol. The Labute approximate surface area is 138 Å². The third kappa shape index (κ3) is 3.14. The normalized spacial score (nSPS) is 10.7. The number of carbonyl (C=O) groups is 1. The summed E-state index contributed by atoms with van der Waals surface area (Å²) in [5.41, 5.74) is 2.55. The molecule has 0 amide bonds. The van der Waals surface area contributed by atoms with E-state index >= 15 is 0 Å². The summed E-state index contributed by atoms with van der Waals surface area (Å²) < 4.78 is 10.7. The highest BCUT2D eigenvalue weighted by Gasteiger charge is 2.16.